The average Bonchev–Trinajstić information content (AvgIpc) is 2.72. The number of benzene rings is 2. The maximum atomic E-state index is 14.2. The van der Waals surface area contributed by atoms with Crippen molar-refractivity contribution in [2.24, 2.45) is 0 Å². The Bertz CT molecular complexity index is 663. The van der Waals surface area contributed by atoms with Gasteiger partial charge >= 0.3 is 0 Å². The highest BCUT2D eigenvalue weighted by Gasteiger charge is 2.06. The third kappa shape index (κ3) is 8.04. The first kappa shape index (κ1) is 22.5. The van der Waals surface area contributed by atoms with Crippen molar-refractivity contribution in [2.45, 2.75) is 84.5 Å². The number of aryl methyl sites for hydroxylation is 1. The Morgan fingerprint density at radius 3 is 1.89 bits per heavy atom. The van der Waals surface area contributed by atoms with Crippen LogP contribution in [0.25, 0.3) is 11.1 Å². The van der Waals surface area contributed by atoms with Crippen molar-refractivity contribution >= 4 is 0 Å². The molecule has 0 heterocycles. The molecule has 0 amide bonds. The lowest BCUT2D eigenvalue weighted by molar-refractivity contribution is 0.301. The molecule has 154 valence electrons. The van der Waals surface area contributed by atoms with Crippen LogP contribution >= 0.6 is 0 Å². The minimum absolute atomic E-state index is 0.287. The summed E-state index contributed by atoms with van der Waals surface area (Å²) >= 11 is 0. The van der Waals surface area contributed by atoms with Crippen LogP contribution in [0.5, 0.6) is 5.75 Å². The molecule has 2 aromatic carbocycles. The van der Waals surface area contributed by atoms with Gasteiger partial charge in [-0.15, -0.1) is 0 Å². The molecule has 1 nitrogen and oxygen atoms in total. The van der Waals surface area contributed by atoms with Crippen molar-refractivity contribution in [3.8, 4) is 16.9 Å². The van der Waals surface area contributed by atoms with Gasteiger partial charge in [0, 0.05) is 0 Å². The van der Waals surface area contributed by atoms with Crippen LogP contribution in [0.1, 0.15) is 83.6 Å². The lowest BCUT2D eigenvalue weighted by atomic mass is 10.0. The summed E-state index contributed by atoms with van der Waals surface area (Å²) in [6.45, 7) is 4.83. The Morgan fingerprint density at radius 1 is 0.679 bits per heavy atom. The van der Waals surface area contributed by atoms with Crippen molar-refractivity contribution in [3.05, 3.63) is 53.8 Å². The van der Waals surface area contributed by atoms with Crippen LogP contribution < -0.4 is 4.74 Å². The number of rotatable bonds is 14. The molecule has 0 saturated carbocycles. The van der Waals surface area contributed by atoms with Gasteiger partial charge in [0.15, 0.2) is 11.6 Å². The molecule has 0 atom stereocenters. The highest BCUT2D eigenvalue weighted by atomic mass is 19.1. The Balaban J connectivity index is 1.72. The first-order chi connectivity index (χ1) is 13.7. The first-order valence-corrected chi connectivity index (χ1v) is 11.3. The van der Waals surface area contributed by atoms with Gasteiger partial charge in [-0.25, -0.2) is 4.39 Å². The van der Waals surface area contributed by atoms with E-state index in [1.54, 1.807) is 12.1 Å². The largest absolute Gasteiger partial charge is 0.491 e. The van der Waals surface area contributed by atoms with Gasteiger partial charge in [0.05, 0.1) is 6.61 Å². The van der Waals surface area contributed by atoms with Crippen molar-refractivity contribution in [2.75, 3.05) is 6.61 Å². The standard InChI is InChI=1S/C26H37FO/c1-3-5-6-7-8-9-10-11-12-13-22-14-16-23(17-15-22)24-18-19-26(25(27)21-24)28-20-4-2/h14-19,21H,3-13,20H2,1-2H3. The van der Waals surface area contributed by atoms with E-state index in [1.807, 2.05) is 13.0 Å². The average molecular weight is 385 g/mol. The van der Waals surface area contributed by atoms with Crippen molar-refractivity contribution in [1.29, 1.82) is 0 Å². The third-order valence-electron chi connectivity index (χ3n) is 5.25. The minimum Gasteiger partial charge on any atom is -0.491 e. The Hall–Kier alpha value is -1.83. The highest BCUT2D eigenvalue weighted by molar-refractivity contribution is 5.64. The number of hydrogen-bond acceptors (Lipinski definition) is 1. The molecule has 2 aromatic rings. The van der Waals surface area contributed by atoms with Crippen LogP contribution in [0.15, 0.2) is 42.5 Å². The summed E-state index contributed by atoms with van der Waals surface area (Å²) in [6, 6.07) is 13.8. The smallest absolute Gasteiger partial charge is 0.165 e. The van der Waals surface area contributed by atoms with Gasteiger partial charge in [-0.2, -0.15) is 0 Å². The van der Waals surface area contributed by atoms with Crippen molar-refractivity contribution in [3.63, 3.8) is 0 Å². The quantitative estimate of drug-likeness (QED) is 0.297. The minimum atomic E-state index is -0.287. The summed E-state index contributed by atoms with van der Waals surface area (Å²) in [5, 5.41) is 0. The van der Waals surface area contributed by atoms with E-state index in [1.165, 1.54) is 63.4 Å². The van der Waals surface area contributed by atoms with Gasteiger partial charge in [0.2, 0.25) is 0 Å². The monoisotopic (exact) mass is 384 g/mol. The molecule has 0 aliphatic rings. The summed E-state index contributed by atoms with van der Waals surface area (Å²) in [7, 11) is 0. The van der Waals surface area contributed by atoms with Crippen LogP contribution in [-0.4, -0.2) is 6.61 Å². The zero-order chi connectivity index (χ0) is 20.0. The summed E-state index contributed by atoms with van der Waals surface area (Å²) in [5.41, 5.74) is 3.32. The molecule has 0 bridgehead atoms. The van der Waals surface area contributed by atoms with E-state index in [4.69, 9.17) is 4.74 Å². The lowest BCUT2D eigenvalue weighted by Gasteiger charge is -2.09. The van der Waals surface area contributed by atoms with Crippen LogP contribution in [-0.2, 0) is 6.42 Å². The van der Waals surface area contributed by atoms with E-state index in [0.717, 1.165) is 24.0 Å². The molecule has 28 heavy (non-hydrogen) atoms. The molecular formula is C26H37FO. The van der Waals surface area contributed by atoms with E-state index >= 15 is 0 Å². The topological polar surface area (TPSA) is 9.23 Å². The summed E-state index contributed by atoms with van der Waals surface area (Å²) in [6.07, 6.45) is 14.2. The van der Waals surface area contributed by atoms with Crippen LogP contribution in [0, 0.1) is 5.82 Å². The first-order valence-electron chi connectivity index (χ1n) is 11.3. The van der Waals surface area contributed by atoms with E-state index in [2.05, 4.69) is 31.2 Å². The Labute approximate surface area is 171 Å². The molecule has 0 unspecified atom stereocenters. The molecule has 0 spiro atoms. The van der Waals surface area contributed by atoms with Gasteiger partial charge in [0.1, 0.15) is 0 Å². The highest BCUT2D eigenvalue weighted by Crippen LogP contribution is 2.26. The van der Waals surface area contributed by atoms with E-state index in [-0.39, 0.29) is 5.82 Å². The normalized spacial score (nSPS) is 11.0. The lowest BCUT2D eigenvalue weighted by Crippen LogP contribution is -1.97. The Kier molecular flexibility index (Phi) is 10.7. The molecule has 2 rings (SSSR count). The fourth-order valence-corrected chi connectivity index (χ4v) is 3.51. The predicted molar refractivity (Wildman–Crippen MR) is 119 cm³/mol. The summed E-state index contributed by atoms with van der Waals surface area (Å²) in [5.74, 6) is 0.0531. The Morgan fingerprint density at radius 2 is 1.29 bits per heavy atom. The summed E-state index contributed by atoms with van der Waals surface area (Å²) in [4.78, 5) is 0. The van der Waals surface area contributed by atoms with Gasteiger partial charge in [-0.05, 0) is 48.1 Å². The van der Waals surface area contributed by atoms with Crippen LogP contribution in [0.2, 0.25) is 0 Å². The second-order valence-corrected chi connectivity index (χ2v) is 7.77. The molecule has 0 saturated heterocycles. The van der Waals surface area contributed by atoms with Crippen molar-refractivity contribution in [1.82, 2.24) is 0 Å². The number of halogens is 1. The zero-order valence-corrected chi connectivity index (χ0v) is 17.8. The van der Waals surface area contributed by atoms with Crippen LogP contribution in [0.3, 0.4) is 0 Å². The molecule has 0 radical (unpaired) electrons. The number of hydrogen-bond donors (Lipinski definition) is 0. The molecule has 0 fully saturated rings. The maximum Gasteiger partial charge on any atom is 0.165 e. The maximum absolute atomic E-state index is 14.2. The number of unbranched alkanes of at least 4 members (excludes halogenated alkanes) is 8. The second kappa shape index (κ2) is 13.4. The molecule has 0 aromatic heterocycles. The van der Waals surface area contributed by atoms with Gasteiger partial charge < -0.3 is 4.74 Å². The fourth-order valence-electron chi connectivity index (χ4n) is 3.51. The van der Waals surface area contributed by atoms with Crippen molar-refractivity contribution < 1.29 is 9.13 Å². The van der Waals surface area contributed by atoms with Gasteiger partial charge in [-0.3, -0.25) is 0 Å². The van der Waals surface area contributed by atoms with E-state index in [0.29, 0.717) is 12.4 Å². The van der Waals surface area contributed by atoms with Gasteiger partial charge in [0.25, 0.3) is 0 Å². The molecule has 0 aliphatic carbocycles. The van der Waals surface area contributed by atoms with Crippen LogP contribution in [0.4, 0.5) is 4.39 Å². The van der Waals surface area contributed by atoms with E-state index < -0.39 is 0 Å². The molecule has 0 N–H and O–H groups in total. The molecule has 2 heteroatoms. The van der Waals surface area contributed by atoms with E-state index in [9.17, 15) is 4.39 Å². The molecular weight excluding hydrogens is 347 g/mol. The third-order valence-corrected chi connectivity index (χ3v) is 5.25. The second-order valence-electron chi connectivity index (χ2n) is 7.77. The summed E-state index contributed by atoms with van der Waals surface area (Å²) < 4.78 is 19.6. The van der Waals surface area contributed by atoms with Gasteiger partial charge in [-0.1, -0.05) is 95.5 Å². The predicted octanol–water partition coefficient (Wildman–Crippen LogP) is 8.35. The zero-order valence-electron chi connectivity index (χ0n) is 17.8. The fraction of sp³-hybridized carbons (Fsp3) is 0.538. The SMILES string of the molecule is CCCCCCCCCCCc1ccc(-c2ccc(OCCC)c(F)c2)cc1. The molecule has 0 aliphatic heterocycles. The number of ether oxygens (including phenoxy) is 1.